The van der Waals surface area contributed by atoms with Gasteiger partial charge in [0.15, 0.2) is 0 Å². The normalized spacial score (nSPS) is 9.83. The fraction of sp³-hybridized carbons (Fsp3) is 0.375. The number of nitrogens with zero attached hydrogens (tertiary/aromatic N) is 2. The Morgan fingerprint density at radius 3 is 2.33 bits per heavy atom. The number of rotatable bonds is 2. The summed E-state index contributed by atoms with van der Waals surface area (Å²) in [5.74, 6) is 0. The molecule has 0 spiro atoms. The molecule has 1 aromatic heterocycles. The van der Waals surface area contributed by atoms with E-state index in [0.717, 1.165) is 11.4 Å². The summed E-state index contributed by atoms with van der Waals surface area (Å²) in [7, 11) is 0. The zero-order valence-electron chi connectivity index (χ0n) is 7.07. The first-order valence-corrected chi connectivity index (χ1v) is 3.64. The molecule has 1 aromatic rings. The number of hydrogen-bond donors (Lipinski definition) is 0. The molecule has 0 N–H and O–H groups in total. The van der Waals surface area contributed by atoms with Gasteiger partial charge >= 0.3 is 0 Å². The van der Waals surface area contributed by atoms with Crippen molar-refractivity contribution in [1.82, 2.24) is 4.98 Å². The van der Waals surface area contributed by atoms with E-state index >= 15 is 0 Å². The van der Waals surface area contributed by atoms with Crippen molar-refractivity contribution in [2.45, 2.75) is 20.4 Å². The van der Waals surface area contributed by atoms with Crippen molar-refractivity contribution in [2.75, 3.05) is 0 Å². The third kappa shape index (κ3) is 2.30. The Balaban J connectivity index is 2.93. The predicted molar refractivity (Wildman–Crippen MR) is 44.4 cm³/mol. The average Bonchev–Trinajstić information content (AvgIpc) is 1.81. The van der Waals surface area contributed by atoms with Gasteiger partial charge in [-0.3, -0.25) is 15.1 Å². The number of pyridine rings is 1. The molecule has 64 valence electrons. The van der Waals surface area contributed by atoms with Crippen molar-refractivity contribution in [3.8, 4) is 0 Å². The topological polar surface area (TPSA) is 56.0 Å². The first-order valence-electron chi connectivity index (χ1n) is 3.64. The van der Waals surface area contributed by atoms with Crippen molar-refractivity contribution in [3.05, 3.63) is 39.2 Å². The van der Waals surface area contributed by atoms with Gasteiger partial charge in [0.2, 0.25) is 6.54 Å². The Morgan fingerprint density at radius 1 is 1.42 bits per heavy atom. The van der Waals surface area contributed by atoms with Gasteiger partial charge in [-0.2, -0.15) is 0 Å². The summed E-state index contributed by atoms with van der Waals surface area (Å²) in [6, 6.07) is 3.46. The van der Waals surface area contributed by atoms with Crippen molar-refractivity contribution >= 4 is 0 Å². The lowest BCUT2D eigenvalue weighted by Gasteiger charge is -1.98. The third-order valence-electron chi connectivity index (χ3n) is 1.45. The highest BCUT2D eigenvalue weighted by atomic mass is 16.6. The second-order valence-corrected chi connectivity index (χ2v) is 2.75. The molecule has 0 aliphatic rings. The van der Waals surface area contributed by atoms with Gasteiger partial charge < -0.3 is 0 Å². The summed E-state index contributed by atoms with van der Waals surface area (Å²) >= 11 is 0. The van der Waals surface area contributed by atoms with Crippen molar-refractivity contribution in [2.24, 2.45) is 0 Å². The zero-order chi connectivity index (χ0) is 9.14. The highest BCUT2D eigenvalue weighted by Gasteiger charge is 2.02. The molecule has 0 aliphatic carbocycles. The van der Waals surface area contributed by atoms with Crippen LogP contribution >= 0.6 is 0 Å². The van der Waals surface area contributed by atoms with E-state index in [4.69, 9.17) is 0 Å². The van der Waals surface area contributed by atoms with Crippen LogP contribution < -0.4 is 0 Å². The van der Waals surface area contributed by atoms with Gasteiger partial charge in [-0.15, -0.1) is 0 Å². The highest BCUT2D eigenvalue weighted by Crippen LogP contribution is 2.05. The largest absolute Gasteiger partial charge is 0.264 e. The van der Waals surface area contributed by atoms with Gasteiger partial charge in [-0.1, -0.05) is 0 Å². The minimum absolute atomic E-state index is 0.121. The summed E-state index contributed by atoms with van der Waals surface area (Å²) in [5.41, 5.74) is 2.36. The number of aromatic nitrogens is 1. The Labute approximate surface area is 70.4 Å². The first-order chi connectivity index (χ1) is 5.58. The Hall–Kier alpha value is -1.45. The van der Waals surface area contributed by atoms with Crippen LogP contribution in [0.15, 0.2) is 12.1 Å². The summed E-state index contributed by atoms with van der Waals surface area (Å²) in [6.07, 6.45) is 0. The van der Waals surface area contributed by atoms with Crippen LogP contribution in [0.2, 0.25) is 0 Å². The maximum atomic E-state index is 10.2. The quantitative estimate of drug-likeness (QED) is 0.493. The lowest BCUT2D eigenvalue weighted by atomic mass is 10.2. The van der Waals surface area contributed by atoms with Crippen molar-refractivity contribution < 1.29 is 4.92 Å². The molecular weight excluding hydrogens is 156 g/mol. The zero-order valence-corrected chi connectivity index (χ0v) is 7.07. The van der Waals surface area contributed by atoms with Crippen LogP contribution in [0.1, 0.15) is 17.0 Å². The Bertz CT molecular complexity index is 290. The molecule has 0 radical (unpaired) electrons. The van der Waals surface area contributed by atoms with E-state index in [-0.39, 0.29) is 11.5 Å². The van der Waals surface area contributed by atoms with Crippen LogP contribution in [0.3, 0.4) is 0 Å². The predicted octanol–water partition coefficient (Wildman–Crippen LogP) is 1.48. The monoisotopic (exact) mass is 166 g/mol. The molecule has 0 saturated carbocycles. The number of hydrogen-bond acceptors (Lipinski definition) is 3. The second-order valence-electron chi connectivity index (χ2n) is 2.75. The third-order valence-corrected chi connectivity index (χ3v) is 1.45. The smallest absolute Gasteiger partial charge is 0.229 e. The Kier molecular flexibility index (Phi) is 2.38. The molecule has 4 heteroatoms. The molecule has 0 aromatic carbocycles. The molecular formula is C8H10N2O2. The number of aryl methyl sites for hydroxylation is 2. The van der Waals surface area contributed by atoms with Gasteiger partial charge in [0.1, 0.15) is 0 Å². The standard InChI is InChI=1S/C8H10N2O2/c1-6-3-8(5-10(11)12)4-7(2)9-6/h3-4H,5H2,1-2H3. The lowest BCUT2D eigenvalue weighted by Crippen LogP contribution is -2.00. The second kappa shape index (κ2) is 3.30. The molecule has 4 nitrogen and oxygen atoms in total. The summed E-state index contributed by atoms with van der Waals surface area (Å²) in [5, 5.41) is 10.2. The van der Waals surface area contributed by atoms with E-state index in [2.05, 4.69) is 4.98 Å². The Morgan fingerprint density at radius 2 is 1.92 bits per heavy atom. The van der Waals surface area contributed by atoms with Crippen LogP contribution in [0.25, 0.3) is 0 Å². The van der Waals surface area contributed by atoms with Crippen molar-refractivity contribution in [1.29, 1.82) is 0 Å². The molecule has 1 rings (SSSR count). The van der Waals surface area contributed by atoms with Gasteiger partial charge in [-0.25, -0.2) is 0 Å². The molecule has 0 saturated heterocycles. The van der Waals surface area contributed by atoms with E-state index in [1.165, 1.54) is 0 Å². The summed E-state index contributed by atoms with van der Waals surface area (Å²) < 4.78 is 0. The molecule has 0 amide bonds. The van der Waals surface area contributed by atoms with E-state index in [9.17, 15) is 10.1 Å². The average molecular weight is 166 g/mol. The van der Waals surface area contributed by atoms with E-state index in [1.54, 1.807) is 12.1 Å². The van der Waals surface area contributed by atoms with Gasteiger partial charge in [0, 0.05) is 21.9 Å². The molecule has 0 atom stereocenters. The van der Waals surface area contributed by atoms with Crippen LogP contribution in [0, 0.1) is 24.0 Å². The molecule has 0 unspecified atom stereocenters. The van der Waals surface area contributed by atoms with Crippen LogP contribution in [0.5, 0.6) is 0 Å². The van der Waals surface area contributed by atoms with Crippen molar-refractivity contribution in [3.63, 3.8) is 0 Å². The number of nitro groups is 1. The molecule has 0 aliphatic heterocycles. The van der Waals surface area contributed by atoms with Gasteiger partial charge in [-0.05, 0) is 26.0 Å². The maximum absolute atomic E-state index is 10.2. The first kappa shape index (κ1) is 8.64. The SMILES string of the molecule is Cc1cc(C[N+](=O)[O-])cc(C)n1. The maximum Gasteiger partial charge on any atom is 0.229 e. The lowest BCUT2D eigenvalue weighted by molar-refractivity contribution is -0.496. The summed E-state index contributed by atoms with van der Waals surface area (Å²) in [6.45, 7) is 3.54. The van der Waals surface area contributed by atoms with Crippen LogP contribution in [0.4, 0.5) is 0 Å². The minimum Gasteiger partial charge on any atom is -0.264 e. The molecule has 1 heterocycles. The minimum atomic E-state index is -0.339. The fourth-order valence-electron chi connectivity index (χ4n) is 1.16. The van der Waals surface area contributed by atoms with Crippen LogP contribution in [-0.4, -0.2) is 9.91 Å². The van der Waals surface area contributed by atoms with E-state index in [1.807, 2.05) is 13.8 Å². The van der Waals surface area contributed by atoms with Crippen LogP contribution in [-0.2, 0) is 6.54 Å². The molecule has 0 bridgehead atoms. The molecule has 12 heavy (non-hydrogen) atoms. The highest BCUT2D eigenvalue weighted by molar-refractivity contribution is 5.19. The van der Waals surface area contributed by atoms with Gasteiger partial charge in [0.25, 0.3) is 0 Å². The molecule has 0 fully saturated rings. The van der Waals surface area contributed by atoms with E-state index < -0.39 is 0 Å². The summed E-state index contributed by atoms with van der Waals surface area (Å²) in [4.78, 5) is 14.0. The van der Waals surface area contributed by atoms with E-state index in [0.29, 0.717) is 5.56 Å². The fourth-order valence-corrected chi connectivity index (χ4v) is 1.16. The van der Waals surface area contributed by atoms with Gasteiger partial charge in [0.05, 0.1) is 0 Å².